The van der Waals surface area contributed by atoms with Crippen molar-refractivity contribution in [1.29, 1.82) is 0 Å². The monoisotopic (exact) mass is 435 g/mol. The van der Waals surface area contributed by atoms with Crippen LogP contribution in [0.1, 0.15) is 0 Å². The molecule has 3 heterocycles. The van der Waals surface area contributed by atoms with Crippen molar-refractivity contribution in [1.82, 2.24) is 4.40 Å². The molecule has 3 nitrogen and oxygen atoms in total. The number of benzene rings is 5. The molecular weight excluding hydrogens is 418 g/mol. The molecule has 0 spiro atoms. The minimum Gasteiger partial charge on any atom is -0.455 e. The van der Waals surface area contributed by atoms with Crippen LogP contribution in [0.15, 0.2) is 112 Å². The van der Waals surface area contributed by atoms with Crippen molar-refractivity contribution in [3.8, 4) is 11.1 Å². The van der Waals surface area contributed by atoms with Gasteiger partial charge in [-0.05, 0) is 41.3 Å². The summed E-state index contributed by atoms with van der Waals surface area (Å²) in [7, 11) is 0. The van der Waals surface area contributed by atoms with E-state index in [1.807, 2.05) is 59.0 Å². The Bertz CT molecular complexity index is 2150. The normalized spacial score (nSPS) is 12.2. The van der Waals surface area contributed by atoms with Crippen molar-refractivity contribution in [2.45, 2.75) is 0 Å². The lowest BCUT2D eigenvalue weighted by atomic mass is 9.96. The molecule has 8 aromatic rings. The number of hydrogen-bond donors (Lipinski definition) is 0. The fourth-order valence-electron chi connectivity index (χ4n) is 5.67. The highest BCUT2D eigenvalue weighted by Crippen LogP contribution is 2.41. The molecule has 0 amide bonds. The first kappa shape index (κ1) is 17.9. The van der Waals surface area contributed by atoms with Gasteiger partial charge in [0, 0.05) is 37.9 Å². The third-order valence-corrected chi connectivity index (χ3v) is 7.13. The van der Waals surface area contributed by atoms with Crippen molar-refractivity contribution < 1.29 is 4.42 Å². The zero-order valence-corrected chi connectivity index (χ0v) is 18.1. The minimum absolute atomic E-state index is 0.0291. The molecule has 0 N–H and O–H groups in total. The molecule has 5 aromatic carbocycles. The number of hydrogen-bond acceptors (Lipinski definition) is 2. The van der Waals surface area contributed by atoms with E-state index in [0.717, 1.165) is 71.0 Å². The summed E-state index contributed by atoms with van der Waals surface area (Å²) in [6.45, 7) is 0. The van der Waals surface area contributed by atoms with Gasteiger partial charge in [-0.2, -0.15) is 0 Å². The molecular formula is C31H17NO2. The van der Waals surface area contributed by atoms with Gasteiger partial charge in [0.1, 0.15) is 11.2 Å². The average molecular weight is 435 g/mol. The molecule has 0 aliphatic heterocycles. The Morgan fingerprint density at radius 1 is 0.559 bits per heavy atom. The molecule has 0 unspecified atom stereocenters. The number of nitrogens with zero attached hydrogens (tertiary/aromatic N) is 1. The molecule has 0 aliphatic rings. The van der Waals surface area contributed by atoms with Gasteiger partial charge in [0.2, 0.25) is 0 Å². The van der Waals surface area contributed by atoms with Crippen molar-refractivity contribution >= 4 is 59.9 Å². The van der Waals surface area contributed by atoms with Crippen LogP contribution in [0.4, 0.5) is 0 Å². The smallest absolute Gasteiger partial charge is 0.263 e. The van der Waals surface area contributed by atoms with Gasteiger partial charge >= 0.3 is 0 Å². The molecule has 0 saturated heterocycles. The SMILES string of the molecule is O=c1c2ccccc2c2cc(-c3cccc4c3oc3ccccc34)cc3c4ccccc4n1c23. The lowest BCUT2D eigenvalue weighted by molar-refractivity contribution is 0.670. The second-order valence-electron chi connectivity index (χ2n) is 8.90. The quantitative estimate of drug-likeness (QED) is 0.247. The first-order chi connectivity index (χ1) is 16.8. The Hall–Kier alpha value is -4.63. The Morgan fingerprint density at radius 2 is 1.21 bits per heavy atom. The van der Waals surface area contributed by atoms with E-state index in [-0.39, 0.29) is 5.56 Å². The lowest BCUT2D eigenvalue weighted by Crippen LogP contribution is -2.12. The molecule has 0 radical (unpaired) electrons. The zero-order chi connectivity index (χ0) is 22.4. The Labute approximate surface area is 193 Å². The summed E-state index contributed by atoms with van der Waals surface area (Å²) in [5.41, 5.74) is 5.86. The van der Waals surface area contributed by atoms with E-state index in [1.165, 1.54) is 0 Å². The number of rotatable bonds is 1. The summed E-state index contributed by atoms with van der Waals surface area (Å²) >= 11 is 0. The molecule has 0 saturated carbocycles. The molecule has 3 heteroatoms. The highest BCUT2D eigenvalue weighted by molar-refractivity contribution is 6.22. The summed E-state index contributed by atoms with van der Waals surface area (Å²) in [5.74, 6) is 0. The predicted molar refractivity (Wildman–Crippen MR) is 140 cm³/mol. The summed E-state index contributed by atoms with van der Waals surface area (Å²) in [4.78, 5) is 13.5. The number of aromatic nitrogens is 1. The van der Waals surface area contributed by atoms with Gasteiger partial charge in [0.05, 0.1) is 11.0 Å². The van der Waals surface area contributed by atoms with Crippen LogP contribution in [0.3, 0.4) is 0 Å². The predicted octanol–water partition coefficient (Wildman–Crippen LogP) is 7.76. The topological polar surface area (TPSA) is 34.6 Å². The van der Waals surface area contributed by atoms with Crippen LogP contribution < -0.4 is 5.56 Å². The van der Waals surface area contributed by atoms with Gasteiger partial charge in [-0.3, -0.25) is 9.20 Å². The summed E-state index contributed by atoms with van der Waals surface area (Å²) in [5, 5.41) is 7.18. The van der Waals surface area contributed by atoms with Crippen molar-refractivity contribution in [3.63, 3.8) is 0 Å². The van der Waals surface area contributed by atoms with Crippen LogP contribution in [0.2, 0.25) is 0 Å². The lowest BCUT2D eigenvalue weighted by Gasteiger charge is -2.10. The summed E-state index contributed by atoms with van der Waals surface area (Å²) in [6.07, 6.45) is 0. The number of pyridine rings is 1. The Balaban J connectivity index is 1.61. The van der Waals surface area contributed by atoms with Gasteiger partial charge in [0.25, 0.3) is 5.56 Å². The highest BCUT2D eigenvalue weighted by Gasteiger charge is 2.19. The molecule has 34 heavy (non-hydrogen) atoms. The van der Waals surface area contributed by atoms with Gasteiger partial charge in [-0.25, -0.2) is 0 Å². The minimum atomic E-state index is 0.0291. The number of furan rings is 1. The Kier molecular flexibility index (Phi) is 3.28. The number of fused-ring (bicyclic) bond motifs is 8. The van der Waals surface area contributed by atoms with E-state index in [9.17, 15) is 4.79 Å². The largest absolute Gasteiger partial charge is 0.455 e. The summed E-state index contributed by atoms with van der Waals surface area (Å²) in [6, 6.07) is 35.0. The third kappa shape index (κ3) is 2.14. The van der Waals surface area contributed by atoms with Gasteiger partial charge < -0.3 is 4.42 Å². The fraction of sp³-hybridized carbons (Fsp3) is 0. The first-order valence-electron chi connectivity index (χ1n) is 11.4. The van der Waals surface area contributed by atoms with Crippen LogP contribution >= 0.6 is 0 Å². The Morgan fingerprint density at radius 3 is 2.06 bits per heavy atom. The van der Waals surface area contributed by atoms with Crippen molar-refractivity contribution in [2.75, 3.05) is 0 Å². The second kappa shape index (κ2) is 6.24. The molecule has 0 fully saturated rings. The van der Waals surface area contributed by atoms with E-state index in [1.54, 1.807) is 0 Å². The van der Waals surface area contributed by atoms with E-state index < -0.39 is 0 Å². The number of para-hydroxylation sites is 3. The van der Waals surface area contributed by atoms with Gasteiger partial charge in [-0.1, -0.05) is 72.8 Å². The van der Waals surface area contributed by atoms with Crippen LogP contribution in [-0.2, 0) is 0 Å². The van der Waals surface area contributed by atoms with Crippen LogP contribution in [0, 0.1) is 0 Å². The molecule has 8 rings (SSSR count). The zero-order valence-electron chi connectivity index (χ0n) is 18.1. The molecule has 3 aromatic heterocycles. The average Bonchev–Trinajstić information content (AvgIpc) is 3.44. The van der Waals surface area contributed by atoms with Gasteiger partial charge in [-0.15, -0.1) is 0 Å². The van der Waals surface area contributed by atoms with E-state index in [0.29, 0.717) is 0 Å². The van der Waals surface area contributed by atoms with E-state index >= 15 is 0 Å². The first-order valence-corrected chi connectivity index (χ1v) is 11.4. The highest BCUT2D eigenvalue weighted by atomic mass is 16.3. The molecule has 0 bridgehead atoms. The van der Waals surface area contributed by atoms with Gasteiger partial charge in [0.15, 0.2) is 0 Å². The maximum Gasteiger partial charge on any atom is 0.263 e. The fourth-order valence-corrected chi connectivity index (χ4v) is 5.67. The van der Waals surface area contributed by atoms with Crippen molar-refractivity contribution in [2.24, 2.45) is 0 Å². The van der Waals surface area contributed by atoms with Crippen LogP contribution in [0.25, 0.3) is 71.0 Å². The molecule has 158 valence electrons. The summed E-state index contributed by atoms with van der Waals surface area (Å²) < 4.78 is 8.24. The van der Waals surface area contributed by atoms with E-state index in [4.69, 9.17) is 4.42 Å². The maximum absolute atomic E-state index is 13.5. The standard InChI is InChI=1S/C31H17NO2/c33-31-24-11-2-1-8-20(24)25-16-18(17-26-21-9-3-5-14-27(21)32(31)29(25)26)19-12-7-13-23-22-10-4-6-15-28(22)34-30(19)23/h1-17H. The molecule has 0 atom stereocenters. The second-order valence-corrected chi connectivity index (χ2v) is 8.90. The third-order valence-electron chi connectivity index (χ3n) is 7.13. The molecule has 0 aliphatic carbocycles. The van der Waals surface area contributed by atoms with Crippen LogP contribution in [0.5, 0.6) is 0 Å². The van der Waals surface area contributed by atoms with E-state index in [2.05, 4.69) is 48.5 Å². The van der Waals surface area contributed by atoms with Crippen molar-refractivity contribution in [3.05, 3.63) is 113 Å². The van der Waals surface area contributed by atoms with Crippen LogP contribution in [-0.4, -0.2) is 4.40 Å². The maximum atomic E-state index is 13.5.